The molecule has 0 radical (unpaired) electrons. The molecule has 0 N–H and O–H groups in total. The standard InChI is InChI=1S/C15H28N2/c1-3-5-8-12-16-14-10-7-11-15-17-13-9-6-4-2/h7,10,14-15H,3-6,8-9,11-13H2,1-2H3/b10-7+,16-14?,17-15?. The third-order valence-electron chi connectivity index (χ3n) is 2.48. The van der Waals surface area contributed by atoms with E-state index < -0.39 is 0 Å². The second-order valence-electron chi connectivity index (χ2n) is 4.22. The van der Waals surface area contributed by atoms with Gasteiger partial charge in [-0.15, -0.1) is 0 Å². The molecule has 2 heteroatoms. The van der Waals surface area contributed by atoms with Crippen LogP contribution in [0.3, 0.4) is 0 Å². The van der Waals surface area contributed by atoms with Gasteiger partial charge in [0.2, 0.25) is 0 Å². The van der Waals surface area contributed by atoms with Crippen LogP contribution < -0.4 is 0 Å². The van der Waals surface area contributed by atoms with E-state index >= 15 is 0 Å². The van der Waals surface area contributed by atoms with Gasteiger partial charge in [-0.25, -0.2) is 0 Å². The molecule has 0 aromatic heterocycles. The smallest absolute Gasteiger partial charge is 0.0389 e. The number of rotatable bonds is 11. The maximum atomic E-state index is 4.35. The van der Waals surface area contributed by atoms with Gasteiger partial charge in [-0.1, -0.05) is 45.6 Å². The summed E-state index contributed by atoms with van der Waals surface area (Å²) in [5.41, 5.74) is 0. The molecule has 2 nitrogen and oxygen atoms in total. The van der Waals surface area contributed by atoms with Crippen molar-refractivity contribution in [2.75, 3.05) is 13.1 Å². The minimum absolute atomic E-state index is 0.924. The summed E-state index contributed by atoms with van der Waals surface area (Å²) in [5, 5.41) is 0. The highest BCUT2D eigenvalue weighted by Crippen LogP contribution is 1.94. The number of allylic oxidation sites excluding steroid dienone is 2. The van der Waals surface area contributed by atoms with E-state index in [0.29, 0.717) is 0 Å². The van der Waals surface area contributed by atoms with Gasteiger partial charge >= 0.3 is 0 Å². The summed E-state index contributed by atoms with van der Waals surface area (Å²) in [7, 11) is 0. The Bertz CT molecular complexity index is 217. The summed E-state index contributed by atoms with van der Waals surface area (Å²) < 4.78 is 0. The van der Waals surface area contributed by atoms with Gasteiger partial charge < -0.3 is 0 Å². The zero-order valence-electron chi connectivity index (χ0n) is 11.6. The minimum Gasteiger partial charge on any atom is -0.297 e. The molecule has 0 aliphatic heterocycles. The molecule has 0 aliphatic rings. The SMILES string of the molecule is CCCCCN=C/C=C/CC=NCCCCC. The van der Waals surface area contributed by atoms with E-state index in [-0.39, 0.29) is 0 Å². The monoisotopic (exact) mass is 236 g/mol. The van der Waals surface area contributed by atoms with Crippen molar-refractivity contribution in [2.45, 2.75) is 58.8 Å². The van der Waals surface area contributed by atoms with Gasteiger partial charge in [0.05, 0.1) is 0 Å². The largest absolute Gasteiger partial charge is 0.297 e. The highest BCUT2D eigenvalue weighted by Gasteiger charge is 1.81. The molecule has 0 fully saturated rings. The molecular formula is C15H28N2. The van der Waals surface area contributed by atoms with E-state index in [1.807, 2.05) is 18.5 Å². The van der Waals surface area contributed by atoms with Crippen LogP contribution in [0.1, 0.15) is 58.8 Å². The number of hydrogen-bond donors (Lipinski definition) is 0. The minimum atomic E-state index is 0.924. The van der Waals surface area contributed by atoms with Gasteiger partial charge in [-0.05, 0) is 18.9 Å². The molecule has 0 bridgehead atoms. The molecule has 17 heavy (non-hydrogen) atoms. The van der Waals surface area contributed by atoms with Crippen LogP contribution in [0.2, 0.25) is 0 Å². The summed E-state index contributed by atoms with van der Waals surface area (Å²) in [6.45, 7) is 6.37. The van der Waals surface area contributed by atoms with Crippen LogP contribution in [-0.4, -0.2) is 25.5 Å². The highest BCUT2D eigenvalue weighted by molar-refractivity contribution is 5.72. The van der Waals surface area contributed by atoms with Gasteiger partial charge in [0, 0.05) is 31.9 Å². The normalized spacial score (nSPS) is 12.4. The van der Waals surface area contributed by atoms with E-state index in [4.69, 9.17) is 0 Å². The second kappa shape index (κ2) is 15.1. The fourth-order valence-corrected chi connectivity index (χ4v) is 1.41. The van der Waals surface area contributed by atoms with Gasteiger partial charge in [0.15, 0.2) is 0 Å². The molecule has 0 aromatic rings. The zero-order chi connectivity index (χ0) is 12.6. The first-order valence-electron chi connectivity index (χ1n) is 7.05. The Labute approximate surface area is 107 Å². The maximum Gasteiger partial charge on any atom is 0.0389 e. The fourth-order valence-electron chi connectivity index (χ4n) is 1.41. The zero-order valence-corrected chi connectivity index (χ0v) is 11.6. The van der Waals surface area contributed by atoms with Crippen molar-refractivity contribution in [2.24, 2.45) is 9.98 Å². The third-order valence-corrected chi connectivity index (χ3v) is 2.48. The van der Waals surface area contributed by atoms with Crippen LogP contribution in [0.5, 0.6) is 0 Å². The highest BCUT2D eigenvalue weighted by atomic mass is 14.7. The Hall–Kier alpha value is -0.920. The van der Waals surface area contributed by atoms with Gasteiger partial charge in [-0.3, -0.25) is 9.98 Å². The molecule has 0 atom stereocenters. The lowest BCUT2D eigenvalue weighted by molar-refractivity contribution is 0.729. The lowest BCUT2D eigenvalue weighted by Gasteiger charge is -1.91. The molecule has 0 unspecified atom stereocenters. The van der Waals surface area contributed by atoms with Crippen LogP contribution >= 0.6 is 0 Å². The Morgan fingerprint density at radius 1 is 0.824 bits per heavy atom. The van der Waals surface area contributed by atoms with Crippen LogP contribution in [0.15, 0.2) is 22.1 Å². The topological polar surface area (TPSA) is 24.7 Å². The molecule has 0 rings (SSSR count). The summed E-state index contributed by atoms with van der Waals surface area (Å²) in [4.78, 5) is 8.66. The lowest BCUT2D eigenvalue weighted by atomic mass is 10.2. The Kier molecular flexibility index (Phi) is 14.3. The van der Waals surface area contributed by atoms with Crippen molar-refractivity contribution in [3.63, 3.8) is 0 Å². The summed E-state index contributed by atoms with van der Waals surface area (Å²) >= 11 is 0. The molecule has 98 valence electrons. The number of unbranched alkanes of at least 4 members (excludes halogenated alkanes) is 4. The maximum absolute atomic E-state index is 4.35. The van der Waals surface area contributed by atoms with Crippen molar-refractivity contribution in [1.29, 1.82) is 0 Å². The van der Waals surface area contributed by atoms with Crippen LogP contribution in [0.4, 0.5) is 0 Å². The summed E-state index contributed by atoms with van der Waals surface area (Å²) in [6.07, 6.45) is 16.5. The molecule has 0 amide bonds. The van der Waals surface area contributed by atoms with Gasteiger partial charge in [-0.2, -0.15) is 0 Å². The van der Waals surface area contributed by atoms with E-state index in [1.165, 1.54) is 38.5 Å². The van der Waals surface area contributed by atoms with Crippen molar-refractivity contribution in [1.82, 2.24) is 0 Å². The second-order valence-corrected chi connectivity index (χ2v) is 4.22. The van der Waals surface area contributed by atoms with Crippen LogP contribution in [0.25, 0.3) is 0 Å². The van der Waals surface area contributed by atoms with Crippen molar-refractivity contribution < 1.29 is 0 Å². The summed E-state index contributed by atoms with van der Waals surface area (Å²) in [6, 6.07) is 0. The average Bonchev–Trinajstić information content (AvgIpc) is 2.35. The fraction of sp³-hybridized carbons (Fsp3) is 0.733. The van der Waals surface area contributed by atoms with Crippen LogP contribution in [-0.2, 0) is 0 Å². The molecule has 0 spiro atoms. The van der Waals surface area contributed by atoms with E-state index in [0.717, 1.165) is 19.5 Å². The number of aliphatic imine (C=N–C) groups is 2. The van der Waals surface area contributed by atoms with Crippen molar-refractivity contribution >= 4 is 12.4 Å². The predicted octanol–water partition coefficient (Wildman–Crippen LogP) is 4.45. The molecule has 0 saturated heterocycles. The molecule has 0 aliphatic carbocycles. The van der Waals surface area contributed by atoms with E-state index in [9.17, 15) is 0 Å². The first-order valence-corrected chi connectivity index (χ1v) is 7.05. The molecule has 0 saturated carbocycles. The van der Waals surface area contributed by atoms with Gasteiger partial charge in [0.25, 0.3) is 0 Å². The van der Waals surface area contributed by atoms with E-state index in [1.54, 1.807) is 0 Å². The van der Waals surface area contributed by atoms with Crippen molar-refractivity contribution in [3.8, 4) is 0 Å². The Morgan fingerprint density at radius 3 is 2.12 bits per heavy atom. The lowest BCUT2D eigenvalue weighted by Crippen LogP contribution is -1.82. The average molecular weight is 236 g/mol. The molecular weight excluding hydrogens is 208 g/mol. The number of hydrogen-bond acceptors (Lipinski definition) is 2. The molecule has 0 heterocycles. The first-order chi connectivity index (χ1) is 8.41. The Balaban J connectivity index is 3.29. The quantitative estimate of drug-likeness (QED) is 0.374. The third kappa shape index (κ3) is 15.1. The first kappa shape index (κ1) is 16.1. The summed E-state index contributed by atoms with van der Waals surface area (Å²) in [5.74, 6) is 0. The predicted molar refractivity (Wildman–Crippen MR) is 79.5 cm³/mol. The van der Waals surface area contributed by atoms with Crippen LogP contribution in [0, 0.1) is 0 Å². The Morgan fingerprint density at radius 2 is 1.47 bits per heavy atom. The molecule has 0 aromatic carbocycles. The van der Waals surface area contributed by atoms with Gasteiger partial charge in [0.1, 0.15) is 0 Å². The number of nitrogens with zero attached hydrogens (tertiary/aromatic N) is 2. The van der Waals surface area contributed by atoms with E-state index in [2.05, 4.69) is 29.9 Å². The van der Waals surface area contributed by atoms with Crippen molar-refractivity contribution in [3.05, 3.63) is 12.2 Å².